The average Bonchev–Trinajstić information content (AvgIpc) is 2.32. The van der Waals surface area contributed by atoms with Crippen molar-refractivity contribution < 1.29 is 17.9 Å². The minimum absolute atomic E-state index is 0.164. The van der Waals surface area contributed by atoms with Gasteiger partial charge in [0.1, 0.15) is 6.61 Å². The number of carbonyl (C=O) groups is 1. The van der Waals surface area contributed by atoms with Crippen LogP contribution in [0.15, 0.2) is 30.3 Å². The number of ether oxygens (including phenoxy) is 1. The Balaban J connectivity index is 2.36. The van der Waals surface area contributed by atoms with Crippen LogP contribution in [0.3, 0.4) is 0 Å². The van der Waals surface area contributed by atoms with E-state index in [4.69, 9.17) is 9.88 Å². The molecule has 0 aliphatic carbocycles. The summed E-state index contributed by atoms with van der Waals surface area (Å²) in [7, 11) is -3.58. The molecule has 6 nitrogen and oxygen atoms in total. The van der Waals surface area contributed by atoms with Crippen molar-refractivity contribution >= 4 is 16.1 Å². The molecular formula is C13H20N2O4S. The predicted octanol–water partition coefficient (Wildman–Crippen LogP) is 1.23. The third-order valence-electron chi connectivity index (χ3n) is 2.52. The van der Waals surface area contributed by atoms with Crippen molar-refractivity contribution in [2.24, 2.45) is 10.6 Å². The van der Waals surface area contributed by atoms with E-state index in [1.807, 2.05) is 30.3 Å². The number of primary sulfonamides is 1. The molecule has 0 aromatic heterocycles. The number of amides is 1. The van der Waals surface area contributed by atoms with Crippen molar-refractivity contribution in [3.05, 3.63) is 35.9 Å². The molecule has 0 saturated heterocycles. The van der Waals surface area contributed by atoms with E-state index in [1.54, 1.807) is 13.8 Å². The summed E-state index contributed by atoms with van der Waals surface area (Å²) in [5.41, 5.74) is 0.228. The van der Waals surface area contributed by atoms with Gasteiger partial charge in [-0.3, -0.25) is 0 Å². The molecule has 1 aromatic carbocycles. The minimum atomic E-state index is -3.58. The molecule has 3 N–H and O–H groups in total. The summed E-state index contributed by atoms with van der Waals surface area (Å²) in [5, 5.41) is 7.53. The molecule has 0 bridgehead atoms. The van der Waals surface area contributed by atoms with Gasteiger partial charge >= 0.3 is 6.09 Å². The van der Waals surface area contributed by atoms with Gasteiger partial charge in [-0.15, -0.1) is 0 Å². The van der Waals surface area contributed by atoms with Gasteiger partial charge in [-0.1, -0.05) is 44.2 Å². The molecule has 1 aromatic rings. The number of alkyl carbamates (subject to hydrolysis) is 1. The van der Waals surface area contributed by atoms with Crippen LogP contribution in [0.1, 0.15) is 19.4 Å². The number of nitrogens with one attached hydrogen (secondary N) is 1. The van der Waals surface area contributed by atoms with E-state index in [-0.39, 0.29) is 18.9 Å². The highest BCUT2D eigenvalue weighted by molar-refractivity contribution is 7.89. The lowest BCUT2D eigenvalue weighted by molar-refractivity contribution is 0.136. The average molecular weight is 300 g/mol. The molecule has 0 unspecified atom stereocenters. The highest BCUT2D eigenvalue weighted by atomic mass is 32.2. The summed E-state index contributed by atoms with van der Waals surface area (Å²) in [6, 6.07) is 9.27. The summed E-state index contributed by atoms with van der Waals surface area (Å²) >= 11 is 0. The number of hydrogen-bond acceptors (Lipinski definition) is 4. The van der Waals surface area contributed by atoms with E-state index in [0.29, 0.717) is 0 Å². The number of sulfonamides is 1. The summed E-state index contributed by atoms with van der Waals surface area (Å²) in [6.07, 6.45) is -0.587. The Bertz CT molecular complexity index is 541. The highest BCUT2D eigenvalue weighted by Gasteiger charge is 2.24. The Kier molecular flexibility index (Phi) is 5.52. The van der Waals surface area contributed by atoms with Gasteiger partial charge in [-0.2, -0.15) is 0 Å². The first kappa shape index (κ1) is 16.5. The van der Waals surface area contributed by atoms with Crippen LogP contribution in [0.25, 0.3) is 0 Å². The third kappa shape index (κ3) is 7.10. The van der Waals surface area contributed by atoms with Gasteiger partial charge in [0.05, 0.1) is 5.75 Å². The molecule has 0 atom stereocenters. The normalized spacial score (nSPS) is 11.9. The number of benzene rings is 1. The first-order valence-corrected chi connectivity index (χ1v) is 7.84. The quantitative estimate of drug-likeness (QED) is 0.825. The van der Waals surface area contributed by atoms with E-state index in [0.717, 1.165) is 5.56 Å². The van der Waals surface area contributed by atoms with Crippen molar-refractivity contribution in [3.63, 3.8) is 0 Å². The predicted molar refractivity (Wildman–Crippen MR) is 76.4 cm³/mol. The topological polar surface area (TPSA) is 98.5 Å². The SMILES string of the molecule is CC(C)(CNC(=O)OCc1ccccc1)CS(N)(=O)=O. The lowest BCUT2D eigenvalue weighted by Crippen LogP contribution is -2.39. The Morgan fingerprint density at radius 2 is 1.90 bits per heavy atom. The van der Waals surface area contributed by atoms with Crippen LogP contribution in [0.2, 0.25) is 0 Å². The maximum absolute atomic E-state index is 11.5. The fourth-order valence-corrected chi connectivity index (χ4v) is 2.87. The number of hydrogen-bond donors (Lipinski definition) is 2. The Morgan fingerprint density at radius 3 is 2.45 bits per heavy atom. The zero-order valence-corrected chi connectivity index (χ0v) is 12.4. The van der Waals surface area contributed by atoms with Gasteiger partial charge in [0, 0.05) is 6.54 Å². The fourth-order valence-electron chi connectivity index (χ4n) is 1.68. The number of carbonyl (C=O) groups excluding carboxylic acids is 1. The van der Waals surface area contributed by atoms with Gasteiger partial charge < -0.3 is 10.1 Å². The van der Waals surface area contributed by atoms with Crippen molar-refractivity contribution in [1.82, 2.24) is 5.32 Å². The minimum Gasteiger partial charge on any atom is -0.445 e. The fraction of sp³-hybridized carbons (Fsp3) is 0.462. The first-order valence-electron chi connectivity index (χ1n) is 6.13. The van der Waals surface area contributed by atoms with Crippen molar-refractivity contribution in [1.29, 1.82) is 0 Å². The van der Waals surface area contributed by atoms with Gasteiger partial charge in [0.15, 0.2) is 0 Å². The van der Waals surface area contributed by atoms with E-state index in [1.165, 1.54) is 0 Å². The van der Waals surface area contributed by atoms with Crippen LogP contribution in [0, 0.1) is 5.41 Å². The number of rotatable bonds is 6. The second-order valence-corrected chi connectivity index (χ2v) is 7.00. The molecule has 112 valence electrons. The molecule has 0 radical (unpaired) electrons. The van der Waals surface area contributed by atoms with Crippen LogP contribution in [-0.4, -0.2) is 26.8 Å². The maximum atomic E-state index is 11.5. The van der Waals surface area contributed by atoms with E-state index in [9.17, 15) is 13.2 Å². The maximum Gasteiger partial charge on any atom is 0.407 e. The van der Waals surface area contributed by atoms with E-state index < -0.39 is 21.5 Å². The molecule has 0 fully saturated rings. The van der Waals surface area contributed by atoms with Crippen LogP contribution in [0.4, 0.5) is 4.79 Å². The molecule has 0 spiro atoms. The Morgan fingerprint density at radius 1 is 1.30 bits per heavy atom. The summed E-state index contributed by atoms with van der Waals surface area (Å²) in [4.78, 5) is 11.5. The smallest absolute Gasteiger partial charge is 0.407 e. The zero-order chi connectivity index (χ0) is 15.2. The van der Waals surface area contributed by atoms with Gasteiger partial charge in [0.2, 0.25) is 10.0 Å². The van der Waals surface area contributed by atoms with Crippen LogP contribution < -0.4 is 10.5 Å². The summed E-state index contributed by atoms with van der Waals surface area (Å²) < 4.78 is 27.1. The van der Waals surface area contributed by atoms with Crippen LogP contribution in [-0.2, 0) is 21.4 Å². The largest absolute Gasteiger partial charge is 0.445 e. The van der Waals surface area contributed by atoms with Gasteiger partial charge in [0.25, 0.3) is 0 Å². The van der Waals surface area contributed by atoms with Gasteiger partial charge in [-0.05, 0) is 11.0 Å². The third-order valence-corrected chi connectivity index (χ3v) is 3.70. The van der Waals surface area contributed by atoms with Gasteiger partial charge in [-0.25, -0.2) is 18.4 Å². The molecule has 1 rings (SSSR count). The summed E-state index contributed by atoms with van der Waals surface area (Å²) in [6.45, 7) is 3.74. The molecule has 1 amide bonds. The second-order valence-electron chi connectivity index (χ2n) is 5.39. The number of nitrogens with two attached hydrogens (primary N) is 1. The van der Waals surface area contributed by atoms with Crippen molar-refractivity contribution in [3.8, 4) is 0 Å². The second kappa shape index (κ2) is 6.71. The first-order chi connectivity index (χ1) is 9.18. The Labute approximate surface area is 119 Å². The monoisotopic (exact) mass is 300 g/mol. The van der Waals surface area contributed by atoms with E-state index >= 15 is 0 Å². The molecule has 0 heterocycles. The van der Waals surface area contributed by atoms with Crippen molar-refractivity contribution in [2.75, 3.05) is 12.3 Å². The molecule has 20 heavy (non-hydrogen) atoms. The lowest BCUT2D eigenvalue weighted by atomic mass is 9.97. The molecule has 0 aliphatic heterocycles. The Hall–Kier alpha value is -1.60. The molecule has 0 saturated carbocycles. The van der Waals surface area contributed by atoms with Crippen LogP contribution >= 0.6 is 0 Å². The zero-order valence-electron chi connectivity index (χ0n) is 11.6. The van der Waals surface area contributed by atoms with E-state index in [2.05, 4.69) is 5.32 Å². The lowest BCUT2D eigenvalue weighted by Gasteiger charge is -2.23. The van der Waals surface area contributed by atoms with Crippen LogP contribution in [0.5, 0.6) is 0 Å². The standard InChI is InChI=1S/C13H20N2O4S/c1-13(2,10-20(14,17)18)9-15-12(16)19-8-11-6-4-3-5-7-11/h3-7H,8-10H2,1-2H3,(H,15,16)(H2,14,17,18). The summed E-state index contributed by atoms with van der Waals surface area (Å²) in [5.74, 6) is -0.209. The molecule has 0 aliphatic rings. The highest BCUT2D eigenvalue weighted by Crippen LogP contribution is 2.15. The molecular weight excluding hydrogens is 280 g/mol. The van der Waals surface area contributed by atoms with Crippen molar-refractivity contribution in [2.45, 2.75) is 20.5 Å². The molecule has 7 heteroatoms.